The molecule has 0 aliphatic heterocycles. The minimum Gasteiger partial charge on any atom is -0.480 e. The molecule has 0 saturated heterocycles. The van der Waals surface area contributed by atoms with Gasteiger partial charge in [-0.1, -0.05) is 6.92 Å². The van der Waals surface area contributed by atoms with Gasteiger partial charge in [0, 0.05) is 13.2 Å². The molecule has 0 heterocycles. The molecule has 0 aromatic carbocycles. The van der Waals surface area contributed by atoms with Gasteiger partial charge in [0.15, 0.2) is 0 Å². The number of carbonyl (C=O) groups excluding carboxylic acids is 1. The highest BCUT2D eigenvalue weighted by Gasteiger charge is 2.14. The third-order valence-corrected chi connectivity index (χ3v) is 2.09. The van der Waals surface area contributed by atoms with Crippen molar-refractivity contribution in [1.29, 1.82) is 0 Å². The van der Waals surface area contributed by atoms with Crippen molar-refractivity contribution in [3.05, 3.63) is 0 Å². The predicted octanol–water partition coefficient (Wildman–Crippen LogP) is -0.0659. The first-order chi connectivity index (χ1) is 7.99. The molecule has 6 nitrogen and oxygen atoms in total. The highest BCUT2D eigenvalue weighted by Crippen LogP contribution is 1.92. The van der Waals surface area contributed by atoms with E-state index in [0.717, 1.165) is 6.42 Å². The summed E-state index contributed by atoms with van der Waals surface area (Å²) in [4.78, 5) is 23.8. The largest absolute Gasteiger partial charge is 0.480 e. The SMILES string of the molecule is CCCN(CC(=O)O)CC(=O)NC(C)COC. The number of hydrogen-bond acceptors (Lipinski definition) is 4. The molecule has 17 heavy (non-hydrogen) atoms. The van der Waals surface area contributed by atoms with E-state index in [4.69, 9.17) is 9.84 Å². The van der Waals surface area contributed by atoms with Crippen LogP contribution in [0.25, 0.3) is 0 Å². The smallest absolute Gasteiger partial charge is 0.317 e. The molecule has 0 aliphatic carbocycles. The molecule has 0 spiro atoms. The van der Waals surface area contributed by atoms with Gasteiger partial charge in [0.25, 0.3) is 0 Å². The van der Waals surface area contributed by atoms with Gasteiger partial charge in [-0.2, -0.15) is 0 Å². The summed E-state index contributed by atoms with van der Waals surface area (Å²) in [5.41, 5.74) is 0. The highest BCUT2D eigenvalue weighted by molar-refractivity contribution is 5.79. The molecule has 0 fully saturated rings. The van der Waals surface area contributed by atoms with Gasteiger partial charge in [0.05, 0.1) is 19.7 Å². The van der Waals surface area contributed by atoms with Crippen molar-refractivity contribution in [3.8, 4) is 0 Å². The fourth-order valence-corrected chi connectivity index (χ4v) is 1.54. The second-order valence-corrected chi connectivity index (χ2v) is 4.03. The van der Waals surface area contributed by atoms with E-state index in [1.165, 1.54) is 0 Å². The second-order valence-electron chi connectivity index (χ2n) is 4.03. The Morgan fingerprint density at radius 3 is 2.53 bits per heavy atom. The van der Waals surface area contributed by atoms with Gasteiger partial charge in [-0.3, -0.25) is 14.5 Å². The number of hydrogen-bond donors (Lipinski definition) is 2. The van der Waals surface area contributed by atoms with Gasteiger partial charge in [-0.25, -0.2) is 0 Å². The van der Waals surface area contributed by atoms with E-state index >= 15 is 0 Å². The van der Waals surface area contributed by atoms with Gasteiger partial charge in [0.2, 0.25) is 5.91 Å². The van der Waals surface area contributed by atoms with Crippen LogP contribution in [0.4, 0.5) is 0 Å². The number of nitrogens with zero attached hydrogens (tertiary/aromatic N) is 1. The van der Waals surface area contributed by atoms with Crippen molar-refractivity contribution < 1.29 is 19.4 Å². The molecule has 0 aromatic rings. The number of rotatable bonds is 9. The molecule has 1 unspecified atom stereocenters. The Labute approximate surface area is 102 Å². The minimum atomic E-state index is -0.920. The number of nitrogens with one attached hydrogen (secondary N) is 1. The van der Waals surface area contributed by atoms with E-state index in [1.54, 1.807) is 12.0 Å². The van der Waals surface area contributed by atoms with Crippen molar-refractivity contribution in [2.75, 3.05) is 33.4 Å². The van der Waals surface area contributed by atoms with Crippen LogP contribution in [0.3, 0.4) is 0 Å². The van der Waals surface area contributed by atoms with Gasteiger partial charge in [-0.05, 0) is 19.9 Å². The molecule has 0 bridgehead atoms. The number of carboxylic acids is 1. The number of ether oxygens (including phenoxy) is 1. The fourth-order valence-electron chi connectivity index (χ4n) is 1.54. The Morgan fingerprint density at radius 1 is 1.41 bits per heavy atom. The second kappa shape index (κ2) is 8.95. The standard InChI is InChI=1S/C11H22N2O4/c1-4-5-13(7-11(15)16)6-10(14)12-9(2)8-17-3/h9H,4-8H2,1-3H3,(H,12,14)(H,15,16). The summed E-state index contributed by atoms with van der Waals surface area (Å²) in [7, 11) is 1.57. The Balaban J connectivity index is 4.06. The van der Waals surface area contributed by atoms with E-state index in [1.807, 2.05) is 13.8 Å². The third kappa shape index (κ3) is 8.65. The number of aliphatic carboxylic acids is 1. The van der Waals surface area contributed by atoms with E-state index in [0.29, 0.717) is 13.2 Å². The zero-order chi connectivity index (χ0) is 13.3. The van der Waals surface area contributed by atoms with Crippen LogP contribution in [0.1, 0.15) is 20.3 Å². The lowest BCUT2D eigenvalue weighted by Crippen LogP contribution is -2.44. The Kier molecular flexibility index (Phi) is 8.35. The van der Waals surface area contributed by atoms with Crippen LogP contribution >= 0.6 is 0 Å². The summed E-state index contributed by atoms with van der Waals surface area (Å²) >= 11 is 0. The molecule has 1 atom stereocenters. The average Bonchev–Trinajstić information content (AvgIpc) is 2.16. The van der Waals surface area contributed by atoms with Crippen LogP contribution in [0, 0.1) is 0 Å². The van der Waals surface area contributed by atoms with Crippen molar-refractivity contribution in [2.24, 2.45) is 0 Å². The monoisotopic (exact) mass is 246 g/mol. The first kappa shape index (κ1) is 15.9. The summed E-state index contributed by atoms with van der Waals surface area (Å²) in [6, 6.07) is -0.0687. The number of amides is 1. The molecule has 1 amide bonds. The third-order valence-electron chi connectivity index (χ3n) is 2.09. The Morgan fingerprint density at radius 2 is 2.06 bits per heavy atom. The average molecular weight is 246 g/mol. The van der Waals surface area contributed by atoms with Crippen LogP contribution < -0.4 is 5.32 Å². The van der Waals surface area contributed by atoms with Crippen LogP contribution in [0.2, 0.25) is 0 Å². The lowest BCUT2D eigenvalue weighted by atomic mass is 10.3. The molecule has 0 radical (unpaired) electrons. The fraction of sp³-hybridized carbons (Fsp3) is 0.818. The molecule has 0 aliphatic rings. The van der Waals surface area contributed by atoms with Gasteiger partial charge in [0.1, 0.15) is 0 Å². The van der Waals surface area contributed by atoms with Crippen molar-refractivity contribution in [3.63, 3.8) is 0 Å². The molecular weight excluding hydrogens is 224 g/mol. The summed E-state index contributed by atoms with van der Waals surface area (Å²) in [5.74, 6) is -1.10. The van der Waals surface area contributed by atoms with Crippen LogP contribution in [-0.4, -0.2) is 61.3 Å². The van der Waals surface area contributed by atoms with Gasteiger partial charge in [-0.15, -0.1) is 0 Å². The molecule has 0 aromatic heterocycles. The summed E-state index contributed by atoms with van der Waals surface area (Å²) < 4.78 is 4.90. The summed E-state index contributed by atoms with van der Waals surface area (Å²) in [5, 5.41) is 11.4. The van der Waals surface area contributed by atoms with E-state index in [-0.39, 0.29) is 25.0 Å². The molecule has 6 heteroatoms. The normalized spacial score (nSPS) is 12.5. The van der Waals surface area contributed by atoms with Crippen molar-refractivity contribution in [1.82, 2.24) is 10.2 Å². The topological polar surface area (TPSA) is 78.9 Å². The maximum atomic E-state index is 11.6. The quantitative estimate of drug-likeness (QED) is 0.595. The number of methoxy groups -OCH3 is 1. The van der Waals surface area contributed by atoms with E-state index in [2.05, 4.69) is 5.32 Å². The maximum Gasteiger partial charge on any atom is 0.317 e. The summed E-state index contributed by atoms with van der Waals surface area (Å²) in [6.45, 7) is 4.81. The summed E-state index contributed by atoms with van der Waals surface area (Å²) in [6.07, 6.45) is 0.814. The zero-order valence-electron chi connectivity index (χ0n) is 10.7. The Bertz CT molecular complexity index is 246. The Hall–Kier alpha value is -1.14. The first-order valence-electron chi connectivity index (χ1n) is 5.72. The van der Waals surface area contributed by atoms with Crippen LogP contribution in [0.15, 0.2) is 0 Å². The van der Waals surface area contributed by atoms with Crippen molar-refractivity contribution >= 4 is 11.9 Å². The number of carbonyl (C=O) groups is 2. The molecule has 0 rings (SSSR count). The van der Waals surface area contributed by atoms with Crippen LogP contribution in [0.5, 0.6) is 0 Å². The lowest BCUT2D eigenvalue weighted by molar-refractivity contribution is -0.138. The number of carboxylic acid groups (broad SMARTS) is 1. The predicted molar refractivity (Wildman–Crippen MR) is 63.8 cm³/mol. The van der Waals surface area contributed by atoms with Gasteiger partial charge < -0.3 is 15.2 Å². The minimum absolute atomic E-state index is 0.0687. The van der Waals surface area contributed by atoms with Crippen molar-refractivity contribution in [2.45, 2.75) is 26.3 Å². The molecular formula is C11H22N2O4. The maximum absolute atomic E-state index is 11.6. The molecule has 100 valence electrons. The van der Waals surface area contributed by atoms with Crippen LogP contribution in [-0.2, 0) is 14.3 Å². The zero-order valence-corrected chi connectivity index (χ0v) is 10.7. The highest BCUT2D eigenvalue weighted by atomic mass is 16.5. The van der Waals surface area contributed by atoms with Gasteiger partial charge >= 0.3 is 5.97 Å². The lowest BCUT2D eigenvalue weighted by Gasteiger charge is -2.20. The molecule has 2 N–H and O–H groups in total. The van der Waals surface area contributed by atoms with E-state index in [9.17, 15) is 9.59 Å². The van der Waals surface area contributed by atoms with E-state index < -0.39 is 5.97 Å². The molecule has 0 saturated carbocycles. The first-order valence-corrected chi connectivity index (χ1v) is 5.72.